The quantitative estimate of drug-likeness (QED) is 0.382. The average Bonchev–Trinajstić information content (AvgIpc) is 2.35. The highest BCUT2D eigenvalue weighted by Crippen LogP contribution is 2.13. The molecule has 1 aromatic rings. The predicted molar refractivity (Wildman–Crippen MR) is 79.3 cm³/mol. The smallest absolute Gasteiger partial charge is 0.270 e. The van der Waals surface area contributed by atoms with E-state index in [1.54, 1.807) is 19.1 Å². The van der Waals surface area contributed by atoms with E-state index in [4.69, 9.17) is 12.2 Å². The maximum Gasteiger partial charge on any atom is 0.270 e. The van der Waals surface area contributed by atoms with Crippen molar-refractivity contribution in [2.24, 2.45) is 5.10 Å². The molecule has 7 heteroatoms. The van der Waals surface area contributed by atoms with Gasteiger partial charge in [-0.25, -0.2) is 0 Å². The molecule has 0 fully saturated rings. The molecule has 0 bridgehead atoms. The Balaban J connectivity index is 2.76. The summed E-state index contributed by atoms with van der Waals surface area (Å²) in [5, 5.41) is 18.2. The number of hydrogen-bond donors (Lipinski definition) is 2. The van der Waals surface area contributed by atoms with Crippen molar-refractivity contribution in [3.8, 4) is 0 Å². The number of thiocarbonyl (C=S) groups is 1. The van der Waals surface area contributed by atoms with Gasteiger partial charge in [0.25, 0.3) is 5.69 Å². The Morgan fingerprint density at radius 2 is 2.16 bits per heavy atom. The molecule has 1 aromatic carbocycles. The molecule has 0 spiro atoms. The van der Waals surface area contributed by atoms with E-state index in [9.17, 15) is 10.1 Å². The highest BCUT2D eigenvalue weighted by atomic mass is 32.1. The Hall–Kier alpha value is -2.02. The second-order valence-corrected chi connectivity index (χ2v) is 4.65. The summed E-state index contributed by atoms with van der Waals surface area (Å²) >= 11 is 5.03. The summed E-state index contributed by atoms with van der Waals surface area (Å²) in [5.41, 5.74) is 4.03. The van der Waals surface area contributed by atoms with Crippen LogP contribution in [-0.2, 0) is 0 Å². The molecule has 0 aliphatic rings. The minimum Gasteiger partial charge on any atom is -0.359 e. The van der Waals surface area contributed by atoms with Gasteiger partial charge in [0.2, 0.25) is 0 Å². The first kappa shape index (κ1) is 15.0. The third kappa shape index (κ3) is 5.01. The van der Waals surface area contributed by atoms with Gasteiger partial charge >= 0.3 is 0 Å². The normalized spacial score (nSPS) is 11.3. The summed E-state index contributed by atoms with van der Waals surface area (Å²) in [6.45, 7) is 5.68. The molecule has 102 valence electrons. The highest BCUT2D eigenvalue weighted by molar-refractivity contribution is 7.80. The average molecular weight is 280 g/mol. The Kier molecular flexibility index (Phi) is 5.37. The van der Waals surface area contributed by atoms with E-state index >= 15 is 0 Å². The summed E-state index contributed by atoms with van der Waals surface area (Å²) in [7, 11) is 0. The van der Waals surface area contributed by atoms with Crippen LogP contribution in [0.2, 0.25) is 0 Å². The van der Waals surface area contributed by atoms with Crippen molar-refractivity contribution in [1.82, 2.24) is 10.7 Å². The summed E-state index contributed by atoms with van der Waals surface area (Å²) < 4.78 is 0. The molecule has 0 aliphatic heterocycles. The fourth-order valence-electron chi connectivity index (χ4n) is 1.34. The van der Waals surface area contributed by atoms with Gasteiger partial charge in [-0.1, -0.05) is 12.1 Å². The molecular formula is C12H16N4O2S. The van der Waals surface area contributed by atoms with Crippen LogP contribution in [0.5, 0.6) is 0 Å². The maximum absolute atomic E-state index is 10.7. The zero-order valence-corrected chi connectivity index (χ0v) is 11.8. The molecule has 0 heterocycles. The van der Waals surface area contributed by atoms with Crippen LogP contribution in [0.3, 0.4) is 0 Å². The molecule has 0 aromatic heterocycles. The molecule has 1 rings (SSSR count). The van der Waals surface area contributed by atoms with Gasteiger partial charge in [0, 0.05) is 23.7 Å². The third-order valence-corrected chi connectivity index (χ3v) is 2.43. The number of nitro benzene ring substituents is 1. The van der Waals surface area contributed by atoms with Crippen molar-refractivity contribution in [2.45, 2.75) is 26.8 Å². The van der Waals surface area contributed by atoms with Crippen molar-refractivity contribution >= 4 is 28.7 Å². The molecule has 0 amide bonds. The molecule has 19 heavy (non-hydrogen) atoms. The topological polar surface area (TPSA) is 79.6 Å². The summed E-state index contributed by atoms with van der Waals surface area (Å²) in [4.78, 5) is 10.2. The van der Waals surface area contributed by atoms with Gasteiger partial charge in [-0.2, -0.15) is 5.10 Å². The van der Waals surface area contributed by atoms with Gasteiger partial charge in [0.15, 0.2) is 5.11 Å². The van der Waals surface area contributed by atoms with Crippen molar-refractivity contribution in [3.63, 3.8) is 0 Å². The molecule has 0 saturated heterocycles. The molecule has 0 atom stereocenters. The minimum absolute atomic E-state index is 0.0370. The van der Waals surface area contributed by atoms with Crippen LogP contribution in [0, 0.1) is 10.1 Å². The van der Waals surface area contributed by atoms with E-state index < -0.39 is 4.92 Å². The number of hydrazone groups is 1. The van der Waals surface area contributed by atoms with Crippen molar-refractivity contribution in [2.75, 3.05) is 0 Å². The van der Waals surface area contributed by atoms with Crippen molar-refractivity contribution < 1.29 is 4.92 Å². The standard InChI is InChI=1S/C12H16N4O2S/c1-8(2)13-12(19)15-14-9(3)10-5-4-6-11(7-10)16(17)18/h4-8H,1-3H3,(H2,13,15,19)/b14-9-. The minimum atomic E-state index is -0.435. The number of nitrogens with zero attached hydrogens (tertiary/aromatic N) is 2. The fraction of sp³-hybridized carbons (Fsp3) is 0.333. The van der Waals surface area contributed by atoms with E-state index in [0.29, 0.717) is 16.4 Å². The van der Waals surface area contributed by atoms with E-state index in [-0.39, 0.29) is 11.7 Å². The van der Waals surface area contributed by atoms with E-state index in [0.717, 1.165) is 0 Å². The summed E-state index contributed by atoms with van der Waals surface area (Å²) in [5.74, 6) is 0. The molecule has 0 aliphatic carbocycles. The lowest BCUT2D eigenvalue weighted by molar-refractivity contribution is -0.384. The Morgan fingerprint density at radius 3 is 2.74 bits per heavy atom. The van der Waals surface area contributed by atoms with Crippen LogP contribution in [0.4, 0.5) is 5.69 Å². The lowest BCUT2D eigenvalue weighted by Crippen LogP contribution is -2.37. The van der Waals surface area contributed by atoms with Crippen molar-refractivity contribution in [1.29, 1.82) is 0 Å². The Bertz CT molecular complexity index is 514. The van der Waals surface area contributed by atoms with Gasteiger partial charge in [0.1, 0.15) is 0 Å². The first-order valence-corrected chi connectivity index (χ1v) is 6.16. The Labute approximate surface area is 117 Å². The third-order valence-electron chi connectivity index (χ3n) is 2.22. The second kappa shape index (κ2) is 6.79. The number of non-ortho nitro benzene ring substituents is 1. The predicted octanol–water partition coefficient (Wildman–Crippen LogP) is 2.19. The number of benzene rings is 1. The lowest BCUT2D eigenvalue weighted by Gasteiger charge is -2.10. The van der Waals surface area contributed by atoms with Crippen LogP contribution in [0.15, 0.2) is 29.4 Å². The van der Waals surface area contributed by atoms with Gasteiger partial charge in [0.05, 0.1) is 10.6 Å². The van der Waals surface area contributed by atoms with E-state index in [1.165, 1.54) is 12.1 Å². The molecule has 6 nitrogen and oxygen atoms in total. The monoisotopic (exact) mass is 280 g/mol. The van der Waals surface area contributed by atoms with Crippen LogP contribution >= 0.6 is 12.2 Å². The van der Waals surface area contributed by atoms with Gasteiger partial charge in [-0.15, -0.1) is 0 Å². The Morgan fingerprint density at radius 1 is 1.47 bits per heavy atom. The molecular weight excluding hydrogens is 264 g/mol. The van der Waals surface area contributed by atoms with Crippen LogP contribution in [-0.4, -0.2) is 21.8 Å². The zero-order chi connectivity index (χ0) is 14.4. The number of nitrogens with one attached hydrogen (secondary N) is 2. The number of nitro groups is 1. The highest BCUT2D eigenvalue weighted by Gasteiger charge is 2.07. The summed E-state index contributed by atoms with van der Waals surface area (Å²) in [6, 6.07) is 6.51. The maximum atomic E-state index is 10.7. The van der Waals surface area contributed by atoms with E-state index in [2.05, 4.69) is 15.8 Å². The second-order valence-electron chi connectivity index (χ2n) is 4.24. The lowest BCUT2D eigenvalue weighted by atomic mass is 10.1. The first-order valence-electron chi connectivity index (χ1n) is 5.75. The van der Waals surface area contributed by atoms with Gasteiger partial charge in [-0.05, 0) is 33.0 Å². The SMILES string of the molecule is C/C(=N/NC(=S)NC(C)C)c1cccc([N+](=O)[O-])c1. The molecule has 0 radical (unpaired) electrons. The number of hydrogen-bond acceptors (Lipinski definition) is 4. The molecule has 0 saturated carbocycles. The van der Waals surface area contributed by atoms with E-state index in [1.807, 2.05) is 13.8 Å². The van der Waals surface area contributed by atoms with Crippen LogP contribution in [0.25, 0.3) is 0 Å². The molecule has 2 N–H and O–H groups in total. The fourth-order valence-corrected chi connectivity index (χ4v) is 1.62. The molecule has 0 unspecified atom stereocenters. The van der Waals surface area contributed by atoms with Gasteiger partial charge < -0.3 is 5.32 Å². The van der Waals surface area contributed by atoms with Crippen LogP contribution in [0.1, 0.15) is 26.3 Å². The largest absolute Gasteiger partial charge is 0.359 e. The van der Waals surface area contributed by atoms with Crippen molar-refractivity contribution in [3.05, 3.63) is 39.9 Å². The number of rotatable bonds is 4. The van der Waals surface area contributed by atoms with Crippen LogP contribution < -0.4 is 10.7 Å². The zero-order valence-electron chi connectivity index (χ0n) is 11.0. The summed E-state index contributed by atoms with van der Waals surface area (Å²) in [6.07, 6.45) is 0. The van der Waals surface area contributed by atoms with Gasteiger partial charge in [-0.3, -0.25) is 15.5 Å². The first-order chi connectivity index (χ1) is 8.90.